The third-order valence-electron chi connectivity index (χ3n) is 3.25. The lowest BCUT2D eigenvalue weighted by atomic mass is 10.3. The van der Waals surface area contributed by atoms with Gasteiger partial charge in [-0.15, -0.1) is 0 Å². The molecule has 1 unspecified atom stereocenters. The van der Waals surface area contributed by atoms with Crippen LogP contribution < -0.4 is 15.0 Å². The Hall–Kier alpha value is -2.05. The number of amides is 1. The number of hydrogen-bond donors (Lipinski definition) is 1. The minimum atomic E-state index is -0.416. The van der Waals surface area contributed by atoms with Crippen molar-refractivity contribution >= 4 is 45.6 Å². The molecular formula is C16H14N2O2S2. The Bertz CT molecular complexity index is 689. The number of benzene rings is 2. The van der Waals surface area contributed by atoms with Gasteiger partial charge in [0.25, 0.3) is 5.91 Å². The first kappa shape index (κ1) is 14.9. The molecule has 112 valence electrons. The molecule has 1 heterocycles. The van der Waals surface area contributed by atoms with Crippen LogP contribution in [0.5, 0.6) is 5.75 Å². The summed E-state index contributed by atoms with van der Waals surface area (Å²) >= 11 is 6.69. The summed E-state index contributed by atoms with van der Waals surface area (Å²) in [7, 11) is 1.62. The number of ether oxygens (including phenoxy) is 1. The van der Waals surface area contributed by atoms with Crippen molar-refractivity contribution in [1.29, 1.82) is 0 Å². The van der Waals surface area contributed by atoms with Crippen LogP contribution in [0.4, 0.5) is 11.4 Å². The van der Waals surface area contributed by atoms with Crippen LogP contribution in [0.15, 0.2) is 54.6 Å². The third kappa shape index (κ3) is 2.93. The molecule has 2 aromatic carbocycles. The van der Waals surface area contributed by atoms with Gasteiger partial charge in [0.05, 0.1) is 12.8 Å². The summed E-state index contributed by atoms with van der Waals surface area (Å²) in [6.07, 6.45) is 0. The summed E-state index contributed by atoms with van der Waals surface area (Å²) in [5.74, 6) is 0.717. The van der Waals surface area contributed by atoms with Gasteiger partial charge in [-0.3, -0.25) is 9.69 Å². The number of para-hydroxylation sites is 1. The number of nitrogens with zero attached hydrogens (tertiary/aromatic N) is 1. The van der Waals surface area contributed by atoms with Crippen molar-refractivity contribution in [1.82, 2.24) is 0 Å². The monoisotopic (exact) mass is 330 g/mol. The molecule has 0 saturated carbocycles. The van der Waals surface area contributed by atoms with Gasteiger partial charge in [0.2, 0.25) is 0 Å². The van der Waals surface area contributed by atoms with E-state index in [4.69, 9.17) is 17.0 Å². The van der Waals surface area contributed by atoms with E-state index in [1.807, 2.05) is 54.6 Å². The van der Waals surface area contributed by atoms with Crippen LogP contribution in [0.25, 0.3) is 0 Å². The van der Waals surface area contributed by atoms with Crippen LogP contribution in [0.3, 0.4) is 0 Å². The van der Waals surface area contributed by atoms with Crippen molar-refractivity contribution in [2.75, 3.05) is 17.3 Å². The van der Waals surface area contributed by atoms with Gasteiger partial charge in [0.1, 0.15) is 10.1 Å². The maximum atomic E-state index is 12.6. The molecule has 3 rings (SSSR count). The molecule has 1 N–H and O–H groups in total. The molecule has 0 bridgehead atoms. The summed E-state index contributed by atoms with van der Waals surface area (Å²) in [6.45, 7) is 0. The van der Waals surface area contributed by atoms with Gasteiger partial charge in [-0.05, 0) is 36.4 Å². The summed E-state index contributed by atoms with van der Waals surface area (Å²) in [6, 6.07) is 16.9. The highest BCUT2D eigenvalue weighted by atomic mass is 32.2. The second-order valence-electron chi connectivity index (χ2n) is 4.65. The van der Waals surface area contributed by atoms with Crippen molar-refractivity contribution in [2.24, 2.45) is 0 Å². The number of carbonyl (C=O) groups is 1. The van der Waals surface area contributed by atoms with Crippen LogP contribution in [-0.2, 0) is 4.79 Å². The molecule has 6 heteroatoms. The van der Waals surface area contributed by atoms with E-state index in [2.05, 4.69) is 5.32 Å². The Balaban J connectivity index is 1.76. The summed E-state index contributed by atoms with van der Waals surface area (Å²) in [4.78, 5) is 14.1. The fraction of sp³-hybridized carbons (Fsp3) is 0.125. The quantitative estimate of drug-likeness (QED) is 0.869. The maximum Gasteiger partial charge on any atom is 0.266 e. The van der Waals surface area contributed by atoms with Crippen molar-refractivity contribution in [3.63, 3.8) is 0 Å². The Morgan fingerprint density at radius 1 is 1.14 bits per heavy atom. The summed E-state index contributed by atoms with van der Waals surface area (Å²) in [5.41, 5.74) is 1.65. The van der Waals surface area contributed by atoms with E-state index in [9.17, 15) is 4.79 Å². The largest absolute Gasteiger partial charge is 0.497 e. The standard InChI is InChI=1S/C16H14N2O2S2/c1-20-13-9-7-11(8-10-13)17-14-15(19)18(16(21)22-14)12-5-3-2-4-6-12/h2-10,14,17H,1H3. The minimum Gasteiger partial charge on any atom is -0.497 e. The molecule has 0 aliphatic carbocycles. The SMILES string of the molecule is COc1ccc(NC2SC(=S)N(c3ccccc3)C2=O)cc1. The minimum absolute atomic E-state index is 0.0583. The van der Waals surface area contributed by atoms with Crippen molar-refractivity contribution in [3.05, 3.63) is 54.6 Å². The maximum absolute atomic E-state index is 12.6. The van der Waals surface area contributed by atoms with Crippen LogP contribution >= 0.6 is 24.0 Å². The zero-order valence-electron chi connectivity index (χ0n) is 11.9. The fourth-order valence-electron chi connectivity index (χ4n) is 2.15. The second-order valence-corrected chi connectivity index (χ2v) is 6.38. The Kier molecular flexibility index (Phi) is 4.31. The van der Waals surface area contributed by atoms with Crippen molar-refractivity contribution < 1.29 is 9.53 Å². The summed E-state index contributed by atoms with van der Waals surface area (Å²) in [5, 5.41) is 2.79. The van der Waals surface area contributed by atoms with Gasteiger partial charge in [-0.25, -0.2) is 0 Å². The van der Waals surface area contributed by atoms with Crippen LogP contribution in [0, 0.1) is 0 Å². The Labute approximate surface area is 138 Å². The normalized spacial score (nSPS) is 17.7. The number of thioether (sulfide) groups is 1. The Morgan fingerprint density at radius 2 is 1.82 bits per heavy atom. The molecule has 4 nitrogen and oxygen atoms in total. The highest BCUT2D eigenvalue weighted by Crippen LogP contribution is 2.32. The molecule has 1 saturated heterocycles. The van der Waals surface area contributed by atoms with Crippen LogP contribution in [-0.4, -0.2) is 22.7 Å². The number of anilines is 2. The number of hydrogen-bond acceptors (Lipinski definition) is 5. The van der Waals surface area contributed by atoms with E-state index < -0.39 is 5.37 Å². The number of rotatable bonds is 4. The lowest BCUT2D eigenvalue weighted by Gasteiger charge is -2.16. The number of methoxy groups -OCH3 is 1. The first-order valence-corrected chi connectivity index (χ1v) is 7.98. The van der Waals surface area contributed by atoms with E-state index in [0.717, 1.165) is 17.1 Å². The van der Waals surface area contributed by atoms with Gasteiger partial charge in [0.15, 0.2) is 5.37 Å². The van der Waals surface area contributed by atoms with Gasteiger partial charge in [-0.1, -0.05) is 42.2 Å². The average molecular weight is 330 g/mol. The molecule has 0 radical (unpaired) electrons. The highest BCUT2D eigenvalue weighted by Gasteiger charge is 2.37. The predicted molar refractivity (Wildman–Crippen MR) is 94.5 cm³/mol. The molecule has 1 aliphatic rings. The van der Waals surface area contributed by atoms with Crippen LogP contribution in [0.1, 0.15) is 0 Å². The molecule has 2 aromatic rings. The van der Waals surface area contributed by atoms with Crippen LogP contribution in [0.2, 0.25) is 0 Å². The third-order valence-corrected chi connectivity index (χ3v) is 4.66. The van der Waals surface area contributed by atoms with E-state index in [-0.39, 0.29) is 5.91 Å². The van der Waals surface area contributed by atoms with Gasteiger partial charge >= 0.3 is 0 Å². The van der Waals surface area contributed by atoms with E-state index in [0.29, 0.717) is 4.32 Å². The smallest absolute Gasteiger partial charge is 0.266 e. The first-order valence-electron chi connectivity index (χ1n) is 6.69. The topological polar surface area (TPSA) is 41.6 Å². The fourth-order valence-corrected chi connectivity index (χ4v) is 3.54. The van der Waals surface area contributed by atoms with Gasteiger partial charge in [0, 0.05) is 5.69 Å². The molecule has 1 fully saturated rings. The molecule has 1 atom stereocenters. The van der Waals surface area contributed by atoms with E-state index in [1.54, 1.807) is 12.0 Å². The number of thiocarbonyl (C=S) groups is 1. The highest BCUT2D eigenvalue weighted by molar-refractivity contribution is 8.25. The number of carbonyl (C=O) groups excluding carboxylic acids is 1. The lowest BCUT2D eigenvalue weighted by Crippen LogP contribution is -2.34. The average Bonchev–Trinajstić information content (AvgIpc) is 2.83. The van der Waals surface area contributed by atoms with Gasteiger partial charge < -0.3 is 10.1 Å². The zero-order chi connectivity index (χ0) is 15.5. The molecule has 0 spiro atoms. The van der Waals surface area contributed by atoms with Crippen molar-refractivity contribution in [3.8, 4) is 5.75 Å². The molecule has 1 aliphatic heterocycles. The molecule has 1 amide bonds. The van der Waals surface area contributed by atoms with Gasteiger partial charge in [-0.2, -0.15) is 0 Å². The van der Waals surface area contributed by atoms with Crippen molar-refractivity contribution in [2.45, 2.75) is 5.37 Å². The predicted octanol–water partition coefficient (Wildman–Crippen LogP) is 3.50. The van der Waals surface area contributed by atoms with E-state index in [1.165, 1.54) is 11.8 Å². The molecular weight excluding hydrogens is 316 g/mol. The lowest BCUT2D eigenvalue weighted by molar-refractivity contribution is -0.116. The zero-order valence-corrected chi connectivity index (χ0v) is 13.5. The Morgan fingerprint density at radius 3 is 2.45 bits per heavy atom. The molecule has 22 heavy (non-hydrogen) atoms. The number of nitrogens with one attached hydrogen (secondary N) is 1. The first-order chi connectivity index (χ1) is 10.7. The van der Waals surface area contributed by atoms with E-state index >= 15 is 0 Å². The second kappa shape index (κ2) is 6.37. The summed E-state index contributed by atoms with van der Waals surface area (Å²) < 4.78 is 5.68. The molecule has 0 aromatic heterocycles.